The molecule has 3 heterocycles. The molecule has 6 nitrogen and oxygen atoms in total. The lowest BCUT2D eigenvalue weighted by molar-refractivity contribution is -0.138. The van der Waals surface area contributed by atoms with Gasteiger partial charge < -0.3 is 15.1 Å². The molecule has 2 aromatic rings. The van der Waals surface area contributed by atoms with Crippen LogP contribution in [0.3, 0.4) is 0 Å². The monoisotopic (exact) mass is 471 g/mol. The van der Waals surface area contributed by atoms with Crippen LogP contribution in [0.1, 0.15) is 59.1 Å². The molecule has 2 aliphatic rings. The van der Waals surface area contributed by atoms with Crippen molar-refractivity contribution in [3.8, 4) is 0 Å². The van der Waals surface area contributed by atoms with Crippen molar-refractivity contribution in [2.75, 3.05) is 19.6 Å². The summed E-state index contributed by atoms with van der Waals surface area (Å²) in [5.41, 5.74) is 0.328. The molecule has 2 atom stereocenters. The van der Waals surface area contributed by atoms with Crippen LogP contribution in [0.5, 0.6) is 0 Å². The van der Waals surface area contributed by atoms with Crippen molar-refractivity contribution in [1.82, 2.24) is 15.1 Å². The number of halogens is 1. The molecular weight excluding hydrogens is 441 g/mol. The third-order valence-corrected chi connectivity index (χ3v) is 7.62. The average molecular weight is 472 g/mol. The Morgan fingerprint density at radius 2 is 1.85 bits per heavy atom. The number of thiophene rings is 1. The van der Waals surface area contributed by atoms with E-state index in [0.29, 0.717) is 42.9 Å². The molecule has 33 heavy (non-hydrogen) atoms. The number of nitrogens with one attached hydrogen (secondary N) is 1. The van der Waals surface area contributed by atoms with Gasteiger partial charge in [-0.3, -0.25) is 14.4 Å². The molecule has 2 unspecified atom stereocenters. The molecule has 1 aromatic heterocycles. The minimum Gasteiger partial charge on any atom is -0.339 e. The van der Waals surface area contributed by atoms with E-state index >= 15 is 0 Å². The van der Waals surface area contributed by atoms with Crippen molar-refractivity contribution < 1.29 is 18.8 Å². The Morgan fingerprint density at radius 1 is 1.06 bits per heavy atom. The van der Waals surface area contributed by atoms with Crippen LogP contribution in [0.15, 0.2) is 41.8 Å². The third-order valence-electron chi connectivity index (χ3n) is 6.75. The first-order valence-electron chi connectivity index (χ1n) is 11.6. The van der Waals surface area contributed by atoms with Crippen LogP contribution in [-0.4, -0.2) is 59.2 Å². The van der Waals surface area contributed by atoms with Crippen LogP contribution in [0, 0.1) is 11.7 Å². The average Bonchev–Trinajstić information content (AvgIpc) is 3.37. The highest BCUT2D eigenvalue weighted by molar-refractivity contribution is 7.12. The van der Waals surface area contributed by atoms with Crippen LogP contribution >= 0.6 is 11.3 Å². The summed E-state index contributed by atoms with van der Waals surface area (Å²) in [6, 6.07) is 8.82. The molecule has 3 amide bonds. The molecule has 0 radical (unpaired) electrons. The number of benzene rings is 1. The fourth-order valence-electron chi connectivity index (χ4n) is 4.85. The Kier molecular flexibility index (Phi) is 7.42. The zero-order chi connectivity index (χ0) is 23.4. The van der Waals surface area contributed by atoms with E-state index in [9.17, 15) is 18.8 Å². The van der Waals surface area contributed by atoms with E-state index in [0.717, 1.165) is 19.3 Å². The number of carbonyl (C=O) groups excluding carboxylic acids is 3. The molecular formula is C25H30FN3O3S. The van der Waals surface area contributed by atoms with Crippen molar-refractivity contribution in [2.45, 2.75) is 51.1 Å². The van der Waals surface area contributed by atoms with Crippen LogP contribution in [0.2, 0.25) is 0 Å². The van der Waals surface area contributed by atoms with Gasteiger partial charge in [-0.2, -0.15) is 0 Å². The standard InChI is InChI=1S/C25H30FN3O3S/c1-17-6-2-3-12-29(17)25(32)22(27-23(30)21-9-5-15-33-21)18-10-13-28(14-11-18)24(31)19-7-4-8-20(26)16-19/h4-5,7-9,15-18,22H,2-3,6,10-14H2,1H3,(H,27,30). The van der Waals surface area contributed by atoms with E-state index < -0.39 is 11.9 Å². The second kappa shape index (κ2) is 10.5. The van der Waals surface area contributed by atoms with E-state index in [1.807, 2.05) is 16.3 Å². The van der Waals surface area contributed by atoms with Crippen LogP contribution < -0.4 is 5.32 Å². The van der Waals surface area contributed by atoms with Gasteiger partial charge in [-0.15, -0.1) is 11.3 Å². The normalized spacial score (nSPS) is 20.4. The molecule has 0 spiro atoms. The summed E-state index contributed by atoms with van der Waals surface area (Å²) in [6.45, 7) is 3.71. The molecule has 4 rings (SSSR count). The van der Waals surface area contributed by atoms with Crippen LogP contribution in [0.4, 0.5) is 4.39 Å². The van der Waals surface area contributed by atoms with Gasteiger partial charge in [0, 0.05) is 31.2 Å². The summed E-state index contributed by atoms with van der Waals surface area (Å²) in [4.78, 5) is 43.4. The topological polar surface area (TPSA) is 69.7 Å². The molecule has 0 aliphatic carbocycles. The van der Waals surface area contributed by atoms with Gasteiger partial charge in [0.15, 0.2) is 0 Å². The number of rotatable bonds is 5. The summed E-state index contributed by atoms with van der Waals surface area (Å²) in [6.07, 6.45) is 4.26. The lowest BCUT2D eigenvalue weighted by Crippen LogP contribution is -2.57. The zero-order valence-corrected chi connectivity index (χ0v) is 19.7. The minimum atomic E-state index is -0.619. The number of carbonyl (C=O) groups is 3. The van der Waals surface area contributed by atoms with Gasteiger partial charge in [0.2, 0.25) is 5.91 Å². The summed E-state index contributed by atoms with van der Waals surface area (Å²) < 4.78 is 13.5. The van der Waals surface area contributed by atoms with Gasteiger partial charge in [0.05, 0.1) is 4.88 Å². The second-order valence-electron chi connectivity index (χ2n) is 8.94. The molecule has 0 bridgehead atoms. The van der Waals surface area contributed by atoms with Crippen molar-refractivity contribution in [2.24, 2.45) is 5.92 Å². The van der Waals surface area contributed by atoms with Gasteiger partial charge in [0.1, 0.15) is 11.9 Å². The second-order valence-corrected chi connectivity index (χ2v) is 9.89. The van der Waals surface area contributed by atoms with E-state index in [4.69, 9.17) is 0 Å². The maximum absolute atomic E-state index is 13.6. The van der Waals surface area contributed by atoms with Crippen LogP contribution in [-0.2, 0) is 4.79 Å². The molecule has 2 aliphatic heterocycles. The first-order valence-corrected chi connectivity index (χ1v) is 12.5. The Balaban J connectivity index is 1.47. The van der Waals surface area contributed by atoms with Crippen molar-refractivity contribution in [3.05, 3.63) is 58.0 Å². The number of hydrogen-bond acceptors (Lipinski definition) is 4. The number of nitrogens with zero attached hydrogens (tertiary/aromatic N) is 2. The lowest BCUT2D eigenvalue weighted by Gasteiger charge is -2.40. The zero-order valence-electron chi connectivity index (χ0n) is 18.8. The lowest BCUT2D eigenvalue weighted by atomic mass is 9.87. The van der Waals surface area contributed by atoms with Gasteiger partial charge in [-0.1, -0.05) is 12.1 Å². The molecule has 176 valence electrons. The van der Waals surface area contributed by atoms with Gasteiger partial charge in [-0.05, 0) is 74.6 Å². The predicted molar refractivity (Wildman–Crippen MR) is 126 cm³/mol. The van der Waals surface area contributed by atoms with Crippen molar-refractivity contribution in [3.63, 3.8) is 0 Å². The Bertz CT molecular complexity index is 989. The van der Waals surface area contributed by atoms with E-state index in [-0.39, 0.29) is 29.7 Å². The van der Waals surface area contributed by atoms with Crippen LogP contribution in [0.25, 0.3) is 0 Å². The Hall–Kier alpha value is -2.74. The Labute approximate surface area is 197 Å². The summed E-state index contributed by atoms with van der Waals surface area (Å²) in [7, 11) is 0. The first-order chi connectivity index (χ1) is 15.9. The van der Waals surface area contributed by atoms with E-state index in [1.54, 1.807) is 17.0 Å². The maximum Gasteiger partial charge on any atom is 0.262 e. The highest BCUT2D eigenvalue weighted by Gasteiger charge is 2.38. The molecule has 0 saturated carbocycles. The largest absolute Gasteiger partial charge is 0.339 e. The fraction of sp³-hybridized carbons (Fsp3) is 0.480. The molecule has 1 aromatic carbocycles. The molecule has 2 saturated heterocycles. The third kappa shape index (κ3) is 5.43. The number of hydrogen-bond donors (Lipinski definition) is 1. The SMILES string of the molecule is CC1CCCCN1C(=O)C(NC(=O)c1cccs1)C1CCN(C(=O)c2cccc(F)c2)CC1. The molecule has 8 heteroatoms. The predicted octanol–water partition coefficient (Wildman–Crippen LogP) is 3.94. The summed E-state index contributed by atoms with van der Waals surface area (Å²) in [5.74, 6) is -0.961. The van der Waals surface area contributed by atoms with E-state index in [2.05, 4.69) is 12.2 Å². The van der Waals surface area contributed by atoms with Gasteiger partial charge >= 0.3 is 0 Å². The van der Waals surface area contributed by atoms with Crippen molar-refractivity contribution in [1.29, 1.82) is 0 Å². The number of likely N-dealkylation sites (tertiary alicyclic amines) is 2. The van der Waals surface area contributed by atoms with Gasteiger partial charge in [0.25, 0.3) is 11.8 Å². The maximum atomic E-state index is 13.6. The molecule has 1 N–H and O–H groups in total. The van der Waals surface area contributed by atoms with Gasteiger partial charge in [-0.25, -0.2) is 4.39 Å². The van der Waals surface area contributed by atoms with Crippen molar-refractivity contribution >= 4 is 29.1 Å². The number of amides is 3. The highest BCUT2D eigenvalue weighted by atomic mass is 32.1. The molecule has 2 fully saturated rings. The Morgan fingerprint density at radius 3 is 2.52 bits per heavy atom. The quantitative estimate of drug-likeness (QED) is 0.718. The highest BCUT2D eigenvalue weighted by Crippen LogP contribution is 2.26. The van der Waals surface area contributed by atoms with E-state index in [1.165, 1.54) is 29.5 Å². The summed E-state index contributed by atoms with van der Waals surface area (Å²) >= 11 is 1.35. The smallest absolute Gasteiger partial charge is 0.262 e. The summed E-state index contributed by atoms with van der Waals surface area (Å²) in [5, 5.41) is 4.86. The fourth-order valence-corrected chi connectivity index (χ4v) is 5.47. The number of piperidine rings is 2. The minimum absolute atomic E-state index is 0.0259. The first kappa shape index (κ1) is 23.4.